The molecule has 0 amide bonds. The van der Waals surface area contributed by atoms with Crippen molar-refractivity contribution in [1.82, 2.24) is 4.57 Å². The van der Waals surface area contributed by atoms with Crippen LogP contribution in [0.2, 0.25) is 0 Å². The zero-order chi connectivity index (χ0) is 14.9. The first kappa shape index (κ1) is 15.0. The van der Waals surface area contributed by atoms with Crippen molar-refractivity contribution < 1.29 is 9.53 Å². The number of hydrogen-bond acceptors (Lipinski definition) is 3. The third-order valence-corrected chi connectivity index (χ3v) is 5.93. The van der Waals surface area contributed by atoms with E-state index in [4.69, 9.17) is 4.74 Å². The van der Waals surface area contributed by atoms with Crippen molar-refractivity contribution in [3.05, 3.63) is 33.7 Å². The number of carbonyl (C=O) groups excluding carboxylic acids is 1. The van der Waals surface area contributed by atoms with Gasteiger partial charge in [-0.15, -0.1) is 0 Å². The molecule has 4 nitrogen and oxygen atoms in total. The molecular formula is C16H20BrNO3. The highest BCUT2D eigenvalue weighted by atomic mass is 79.9. The molecule has 2 heterocycles. The molecule has 0 saturated carbocycles. The predicted molar refractivity (Wildman–Crippen MR) is 84.3 cm³/mol. The monoisotopic (exact) mass is 353 g/mol. The van der Waals surface area contributed by atoms with Crippen LogP contribution < -0.4 is 5.56 Å². The largest absolute Gasteiger partial charge is 0.381 e. The smallest absolute Gasteiger partial charge is 0.250 e. The van der Waals surface area contributed by atoms with Gasteiger partial charge in [-0.2, -0.15) is 0 Å². The van der Waals surface area contributed by atoms with Crippen LogP contribution in [0.3, 0.4) is 0 Å². The molecule has 0 spiro atoms. The summed E-state index contributed by atoms with van der Waals surface area (Å²) >= 11 is 3.62. The number of nitrogens with zero attached hydrogens (tertiary/aromatic N) is 1. The van der Waals surface area contributed by atoms with E-state index in [2.05, 4.69) is 15.9 Å². The van der Waals surface area contributed by atoms with Crippen molar-refractivity contribution in [3.63, 3.8) is 0 Å². The summed E-state index contributed by atoms with van der Waals surface area (Å²) in [4.78, 5) is 24.4. The van der Waals surface area contributed by atoms with Crippen LogP contribution in [0.1, 0.15) is 41.7 Å². The van der Waals surface area contributed by atoms with Gasteiger partial charge in [-0.1, -0.05) is 15.9 Å². The van der Waals surface area contributed by atoms with Crippen LogP contribution in [-0.4, -0.2) is 28.9 Å². The zero-order valence-electron chi connectivity index (χ0n) is 12.1. The first-order chi connectivity index (χ1) is 10.2. The van der Waals surface area contributed by atoms with Gasteiger partial charge in [0.25, 0.3) is 5.56 Å². The fraction of sp³-hybridized carbons (Fsp3) is 0.625. The van der Waals surface area contributed by atoms with E-state index in [1.165, 1.54) is 0 Å². The Kier molecular flexibility index (Phi) is 4.31. The minimum Gasteiger partial charge on any atom is -0.381 e. The molecule has 5 heteroatoms. The van der Waals surface area contributed by atoms with Gasteiger partial charge in [0.15, 0.2) is 5.78 Å². The second-order valence-electron chi connectivity index (χ2n) is 6.14. The maximum atomic E-state index is 12.3. The fourth-order valence-corrected chi connectivity index (χ4v) is 4.08. The van der Waals surface area contributed by atoms with Crippen molar-refractivity contribution in [1.29, 1.82) is 0 Å². The number of hydrogen-bond donors (Lipinski definition) is 0. The third kappa shape index (κ3) is 2.86. The molecule has 0 aromatic carbocycles. The highest BCUT2D eigenvalue weighted by Gasteiger charge is 2.33. The molecule has 1 saturated heterocycles. The summed E-state index contributed by atoms with van der Waals surface area (Å²) in [6.45, 7) is 2.17. The minimum absolute atomic E-state index is 0.00951. The molecule has 1 aliphatic carbocycles. The molecule has 0 bridgehead atoms. The Morgan fingerprint density at radius 3 is 2.67 bits per heavy atom. The van der Waals surface area contributed by atoms with Gasteiger partial charge in [0, 0.05) is 54.2 Å². The van der Waals surface area contributed by atoms with E-state index in [1.807, 2.05) is 4.57 Å². The first-order valence-electron chi connectivity index (χ1n) is 7.55. The number of rotatable bonds is 3. The van der Waals surface area contributed by atoms with Gasteiger partial charge in [-0.25, -0.2) is 0 Å². The summed E-state index contributed by atoms with van der Waals surface area (Å²) in [7, 11) is 0. The average molecular weight is 354 g/mol. The van der Waals surface area contributed by atoms with E-state index in [0.29, 0.717) is 13.0 Å². The Balaban J connectivity index is 2.00. The molecule has 1 aliphatic heterocycles. The van der Waals surface area contributed by atoms with Crippen LogP contribution in [0.25, 0.3) is 0 Å². The van der Waals surface area contributed by atoms with E-state index < -0.39 is 0 Å². The Hall–Kier alpha value is -0.940. The summed E-state index contributed by atoms with van der Waals surface area (Å²) in [6, 6.07) is 3.25. The van der Waals surface area contributed by atoms with Crippen LogP contribution in [0.4, 0.5) is 0 Å². The topological polar surface area (TPSA) is 48.3 Å². The van der Waals surface area contributed by atoms with Crippen molar-refractivity contribution in [3.8, 4) is 0 Å². The molecule has 2 aliphatic rings. The van der Waals surface area contributed by atoms with Crippen LogP contribution >= 0.6 is 15.9 Å². The van der Waals surface area contributed by atoms with Crippen molar-refractivity contribution in [2.45, 2.75) is 38.6 Å². The van der Waals surface area contributed by atoms with Gasteiger partial charge in [0.2, 0.25) is 0 Å². The normalized spacial score (nSPS) is 21.1. The molecule has 0 N–H and O–H groups in total. The summed E-state index contributed by atoms with van der Waals surface area (Å²) in [5.74, 6) is 0.171. The SMILES string of the molecule is O=C1CCCc2c1ccc(=O)n2CC1(CBr)CCOCC1. The number of aromatic nitrogens is 1. The Bertz CT molecular complexity index is 602. The molecule has 1 fully saturated rings. The predicted octanol–water partition coefficient (Wildman–Crippen LogP) is 2.56. The molecule has 0 unspecified atom stereocenters. The van der Waals surface area contributed by atoms with Gasteiger partial charge >= 0.3 is 0 Å². The Labute approximate surface area is 132 Å². The molecule has 0 radical (unpaired) electrons. The average Bonchev–Trinajstić information content (AvgIpc) is 2.51. The highest BCUT2D eigenvalue weighted by Crippen LogP contribution is 2.35. The lowest BCUT2D eigenvalue weighted by Gasteiger charge is -2.37. The van der Waals surface area contributed by atoms with Gasteiger partial charge < -0.3 is 9.30 Å². The Morgan fingerprint density at radius 2 is 1.95 bits per heavy atom. The molecule has 114 valence electrons. The minimum atomic E-state index is 0.00951. The first-order valence-corrected chi connectivity index (χ1v) is 8.67. The number of alkyl halides is 1. The highest BCUT2D eigenvalue weighted by molar-refractivity contribution is 9.09. The summed E-state index contributed by atoms with van der Waals surface area (Å²) < 4.78 is 7.31. The van der Waals surface area contributed by atoms with E-state index in [9.17, 15) is 9.59 Å². The van der Waals surface area contributed by atoms with E-state index in [-0.39, 0.29) is 16.8 Å². The van der Waals surface area contributed by atoms with Crippen LogP contribution in [0.5, 0.6) is 0 Å². The maximum Gasteiger partial charge on any atom is 0.250 e. The van der Waals surface area contributed by atoms with Gasteiger partial charge in [0.1, 0.15) is 0 Å². The summed E-state index contributed by atoms with van der Waals surface area (Å²) in [5.41, 5.74) is 1.75. The lowest BCUT2D eigenvalue weighted by molar-refractivity contribution is 0.0177. The maximum absolute atomic E-state index is 12.3. The molecule has 0 atom stereocenters. The van der Waals surface area contributed by atoms with Crippen molar-refractivity contribution in [2.24, 2.45) is 5.41 Å². The standard InChI is InChI=1S/C16H20BrNO3/c17-10-16(6-8-21-9-7-16)11-18-13-2-1-3-14(19)12(13)4-5-15(18)20/h4-5H,1-3,6-11H2. The van der Waals surface area contributed by atoms with Gasteiger partial charge in [0.05, 0.1) is 0 Å². The molecule has 3 rings (SSSR count). The Morgan fingerprint density at radius 1 is 1.19 bits per heavy atom. The summed E-state index contributed by atoms with van der Waals surface area (Å²) in [5, 5.41) is 0.855. The van der Waals surface area contributed by atoms with Crippen molar-refractivity contribution in [2.75, 3.05) is 18.5 Å². The lowest BCUT2D eigenvalue weighted by Crippen LogP contribution is -2.40. The summed E-state index contributed by atoms with van der Waals surface area (Å²) in [6.07, 6.45) is 4.17. The second-order valence-corrected chi connectivity index (χ2v) is 6.70. The zero-order valence-corrected chi connectivity index (χ0v) is 13.7. The number of ether oxygens (including phenoxy) is 1. The number of carbonyl (C=O) groups is 1. The number of fused-ring (bicyclic) bond motifs is 1. The van der Waals surface area contributed by atoms with E-state index in [1.54, 1.807) is 12.1 Å². The number of Topliss-reactive ketones (excluding diaryl/α,β-unsaturated/α-hetero) is 1. The number of ketones is 1. The van der Waals surface area contributed by atoms with Crippen LogP contribution in [0, 0.1) is 5.41 Å². The van der Waals surface area contributed by atoms with Gasteiger partial charge in [-0.3, -0.25) is 9.59 Å². The molecule has 21 heavy (non-hydrogen) atoms. The third-order valence-electron chi connectivity index (χ3n) is 4.74. The molecular weight excluding hydrogens is 334 g/mol. The van der Waals surface area contributed by atoms with E-state index in [0.717, 1.165) is 55.5 Å². The fourth-order valence-electron chi connectivity index (χ4n) is 3.34. The van der Waals surface area contributed by atoms with Crippen LogP contribution in [0.15, 0.2) is 16.9 Å². The lowest BCUT2D eigenvalue weighted by atomic mass is 9.81. The number of halogens is 1. The van der Waals surface area contributed by atoms with E-state index >= 15 is 0 Å². The van der Waals surface area contributed by atoms with Crippen molar-refractivity contribution >= 4 is 21.7 Å². The van der Waals surface area contributed by atoms with Crippen LogP contribution in [-0.2, 0) is 17.7 Å². The molecule has 1 aromatic rings. The quantitative estimate of drug-likeness (QED) is 0.784. The number of pyridine rings is 1. The molecule has 1 aromatic heterocycles. The second kappa shape index (κ2) is 6.05. The van der Waals surface area contributed by atoms with Gasteiger partial charge in [-0.05, 0) is 31.7 Å².